The first-order valence-corrected chi connectivity index (χ1v) is 7.12. The monoisotopic (exact) mass is 301 g/mol. The van der Waals surface area contributed by atoms with Gasteiger partial charge in [0.05, 0.1) is 17.3 Å². The van der Waals surface area contributed by atoms with Crippen LogP contribution in [-0.4, -0.2) is 16.1 Å². The SMILES string of the molecule is CC(C)Oc1cccc(-c2nc3c(N)cc(Cl)cc3[nH]2)c1. The fourth-order valence-electron chi connectivity index (χ4n) is 2.23. The molecule has 4 nitrogen and oxygen atoms in total. The summed E-state index contributed by atoms with van der Waals surface area (Å²) in [5.74, 6) is 1.56. The number of fused-ring (bicyclic) bond motifs is 1. The summed E-state index contributed by atoms with van der Waals surface area (Å²) in [5, 5.41) is 0.590. The minimum atomic E-state index is 0.130. The van der Waals surface area contributed by atoms with E-state index in [4.69, 9.17) is 22.1 Å². The van der Waals surface area contributed by atoms with Gasteiger partial charge in [-0.2, -0.15) is 0 Å². The maximum Gasteiger partial charge on any atom is 0.138 e. The number of nitrogen functional groups attached to an aromatic ring is 1. The van der Waals surface area contributed by atoms with Gasteiger partial charge in [-0.15, -0.1) is 0 Å². The molecule has 0 aliphatic rings. The summed E-state index contributed by atoms with van der Waals surface area (Å²) < 4.78 is 5.71. The van der Waals surface area contributed by atoms with Crippen molar-refractivity contribution in [3.63, 3.8) is 0 Å². The average molecular weight is 302 g/mol. The van der Waals surface area contributed by atoms with Crippen LogP contribution in [0.4, 0.5) is 5.69 Å². The first-order chi connectivity index (χ1) is 10.0. The maximum atomic E-state index is 6.01. The molecule has 108 valence electrons. The van der Waals surface area contributed by atoms with E-state index in [-0.39, 0.29) is 6.10 Å². The number of ether oxygens (including phenoxy) is 1. The Hall–Kier alpha value is -2.20. The normalized spacial score (nSPS) is 11.2. The molecule has 0 bridgehead atoms. The summed E-state index contributed by atoms with van der Waals surface area (Å²) >= 11 is 6.01. The molecule has 0 saturated heterocycles. The number of hydrogen-bond acceptors (Lipinski definition) is 3. The van der Waals surface area contributed by atoms with E-state index < -0.39 is 0 Å². The number of nitrogens with zero attached hydrogens (tertiary/aromatic N) is 1. The number of anilines is 1. The van der Waals surface area contributed by atoms with E-state index in [9.17, 15) is 0 Å². The molecule has 21 heavy (non-hydrogen) atoms. The fraction of sp³-hybridized carbons (Fsp3) is 0.188. The van der Waals surface area contributed by atoms with Gasteiger partial charge in [-0.05, 0) is 38.1 Å². The summed E-state index contributed by atoms with van der Waals surface area (Å²) in [4.78, 5) is 7.79. The highest BCUT2D eigenvalue weighted by Crippen LogP contribution is 2.29. The molecule has 0 saturated carbocycles. The molecule has 0 spiro atoms. The van der Waals surface area contributed by atoms with Crippen LogP contribution in [0, 0.1) is 0 Å². The number of halogens is 1. The van der Waals surface area contributed by atoms with Crippen molar-refractivity contribution in [2.45, 2.75) is 20.0 Å². The Balaban J connectivity index is 2.06. The van der Waals surface area contributed by atoms with E-state index in [1.165, 1.54) is 0 Å². The second-order valence-corrected chi connectivity index (χ2v) is 5.61. The third-order valence-electron chi connectivity index (χ3n) is 3.06. The Morgan fingerprint density at radius 1 is 1.24 bits per heavy atom. The van der Waals surface area contributed by atoms with Crippen LogP contribution in [0.15, 0.2) is 36.4 Å². The van der Waals surface area contributed by atoms with Crippen molar-refractivity contribution in [2.24, 2.45) is 0 Å². The number of rotatable bonds is 3. The van der Waals surface area contributed by atoms with E-state index in [1.807, 2.05) is 44.2 Å². The van der Waals surface area contributed by atoms with Crippen molar-refractivity contribution >= 4 is 28.3 Å². The van der Waals surface area contributed by atoms with Gasteiger partial charge >= 0.3 is 0 Å². The number of nitrogens with one attached hydrogen (secondary N) is 1. The molecule has 5 heteroatoms. The van der Waals surface area contributed by atoms with Crippen LogP contribution in [0.3, 0.4) is 0 Å². The van der Waals surface area contributed by atoms with Crippen LogP contribution in [0.5, 0.6) is 5.75 Å². The number of nitrogens with two attached hydrogens (primary N) is 1. The number of H-pyrrole nitrogens is 1. The summed E-state index contributed by atoms with van der Waals surface area (Å²) in [6.07, 6.45) is 0.130. The molecule has 0 unspecified atom stereocenters. The van der Waals surface area contributed by atoms with Gasteiger partial charge < -0.3 is 15.5 Å². The zero-order valence-corrected chi connectivity index (χ0v) is 12.6. The second-order valence-electron chi connectivity index (χ2n) is 5.17. The van der Waals surface area contributed by atoms with E-state index in [2.05, 4.69) is 9.97 Å². The van der Waals surface area contributed by atoms with Gasteiger partial charge in [0, 0.05) is 10.6 Å². The summed E-state index contributed by atoms with van der Waals surface area (Å²) in [6, 6.07) is 11.3. The summed E-state index contributed by atoms with van der Waals surface area (Å²) in [5.41, 5.74) is 9.01. The van der Waals surface area contributed by atoms with Gasteiger partial charge in [0.25, 0.3) is 0 Å². The molecule has 0 amide bonds. The number of imidazole rings is 1. The lowest BCUT2D eigenvalue weighted by Gasteiger charge is -2.10. The lowest BCUT2D eigenvalue weighted by Crippen LogP contribution is -2.05. The van der Waals surface area contributed by atoms with E-state index >= 15 is 0 Å². The smallest absolute Gasteiger partial charge is 0.138 e. The van der Waals surface area contributed by atoms with Gasteiger partial charge in [-0.25, -0.2) is 4.98 Å². The Morgan fingerprint density at radius 2 is 2.05 bits per heavy atom. The number of aromatic amines is 1. The predicted molar refractivity (Wildman–Crippen MR) is 86.7 cm³/mol. The highest BCUT2D eigenvalue weighted by atomic mass is 35.5. The van der Waals surface area contributed by atoms with Crippen molar-refractivity contribution in [3.8, 4) is 17.1 Å². The molecule has 1 heterocycles. The quantitative estimate of drug-likeness (QED) is 0.711. The minimum absolute atomic E-state index is 0.130. The fourth-order valence-corrected chi connectivity index (χ4v) is 2.46. The van der Waals surface area contributed by atoms with Gasteiger partial charge in [-0.1, -0.05) is 23.7 Å². The van der Waals surface area contributed by atoms with Gasteiger partial charge in [-0.3, -0.25) is 0 Å². The topological polar surface area (TPSA) is 63.9 Å². The van der Waals surface area contributed by atoms with Crippen molar-refractivity contribution in [2.75, 3.05) is 5.73 Å². The largest absolute Gasteiger partial charge is 0.491 e. The first-order valence-electron chi connectivity index (χ1n) is 6.75. The van der Waals surface area contributed by atoms with Crippen LogP contribution < -0.4 is 10.5 Å². The standard InChI is InChI=1S/C16H16ClN3O/c1-9(2)21-12-5-3-4-10(6-12)16-19-14-8-11(17)7-13(18)15(14)20-16/h3-9H,18H2,1-2H3,(H,19,20). The molecule has 0 fully saturated rings. The average Bonchev–Trinajstić information content (AvgIpc) is 2.82. The van der Waals surface area contributed by atoms with Crippen LogP contribution >= 0.6 is 11.6 Å². The van der Waals surface area contributed by atoms with Crippen molar-refractivity contribution in [1.29, 1.82) is 0 Å². The van der Waals surface area contributed by atoms with E-state index in [1.54, 1.807) is 6.07 Å². The summed E-state index contributed by atoms with van der Waals surface area (Å²) in [7, 11) is 0. The highest BCUT2D eigenvalue weighted by Gasteiger charge is 2.10. The Bertz CT molecular complexity index is 795. The van der Waals surface area contributed by atoms with Crippen LogP contribution in [0.1, 0.15) is 13.8 Å². The van der Waals surface area contributed by atoms with Crippen molar-refractivity contribution in [1.82, 2.24) is 9.97 Å². The highest BCUT2D eigenvalue weighted by molar-refractivity contribution is 6.31. The molecular formula is C16H16ClN3O. The Labute approximate surface area is 127 Å². The molecule has 3 N–H and O–H groups in total. The summed E-state index contributed by atoms with van der Waals surface area (Å²) in [6.45, 7) is 3.99. The van der Waals surface area contributed by atoms with Crippen molar-refractivity contribution in [3.05, 3.63) is 41.4 Å². The van der Waals surface area contributed by atoms with Gasteiger partial charge in [0.15, 0.2) is 0 Å². The van der Waals surface area contributed by atoms with Gasteiger partial charge in [0.2, 0.25) is 0 Å². The Kier molecular flexibility index (Phi) is 3.47. The lowest BCUT2D eigenvalue weighted by atomic mass is 10.2. The van der Waals surface area contributed by atoms with Gasteiger partial charge in [0.1, 0.15) is 17.1 Å². The molecule has 0 aliphatic heterocycles. The zero-order chi connectivity index (χ0) is 15.0. The molecule has 0 radical (unpaired) electrons. The van der Waals surface area contributed by atoms with Crippen molar-refractivity contribution < 1.29 is 4.74 Å². The van der Waals surface area contributed by atoms with Crippen LogP contribution in [0.25, 0.3) is 22.4 Å². The molecule has 1 aromatic heterocycles. The number of benzene rings is 2. The molecule has 0 aliphatic carbocycles. The molecule has 3 rings (SSSR count). The minimum Gasteiger partial charge on any atom is -0.491 e. The maximum absolute atomic E-state index is 6.01. The molecule has 0 atom stereocenters. The van der Waals surface area contributed by atoms with Crippen LogP contribution in [-0.2, 0) is 0 Å². The Morgan fingerprint density at radius 3 is 2.81 bits per heavy atom. The number of hydrogen-bond donors (Lipinski definition) is 2. The third kappa shape index (κ3) is 2.81. The lowest BCUT2D eigenvalue weighted by molar-refractivity contribution is 0.242. The molecule has 2 aromatic carbocycles. The third-order valence-corrected chi connectivity index (χ3v) is 3.28. The predicted octanol–water partition coefficient (Wildman–Crippen LogP) is 4.25. The first kappa shape index (κ1) is 13.8. The zero-order valence-electron chi connectivity index (χ0n) is 11.9. The molecule has 3 aromatic rings. The second kappa shape index (κ2) is 5.30. The number of aromatic nitrogens is 2. The van der Waals surface area contributed by atoms with E-state index in [0.717, 1.165) is 28.2 Å². The van der Waals surface area contributed by atoms with E-state index in [0.29, 0.717) is 10.7 Å². The van der Waals surface area contributed by atoms with Crippen LogP contribution in [0.2, 0.25) is 5.02 Å². The molecular weight excluding hydrogens is 286 g/mol.